The van der Waals surface area contributed by atoms with E-state index in [1.165, 1.54) is 22.3 Å². The van der Waals surface area contributed by atoms with Crippen molar-refractivity contribution in [3.05, 3.63) is 58.6 Å². The van der Waals surface area contributed by atoms with E-state index in [4.69, 9.17) is 17.3 Å². The molecule has 0 aliphatic heterocycles. The minimum absolute atomic E-state index is 0.685. The van der Waals surface area contributed by atoms with Gasteiger partial charge in [-0.05, 0) is 54.3 Å². The second-order valence-electron chi connectivity index (χ2n) is 4.19. The van der Waals surface area contributed by atoms with E-state index in [1.807, 2.05) is 24.3 Å². The number of halogens is 1. The van der Waals surface area contributed by atoms with Gasteiger partial charge in [-0.3, -0.25) is 0 Å². The van der Waals surface area contributed by atoms with Crippen LogP contribution in [0.15, 0.2) is 42.5 Å². The van der Waals surface area contributed by atoms with Gasteiger partial charge >= 0.3 is 0 Å². The molecular weight excluding hydrogens is 230 g/mol. The zero-order chi connectivity index (χ0) is 12.3. The highest BCUT2D eigenvalue weighted by atomic mass is 35.5. The molecule has 0 saturated carbocycles. The van der Waals surface area contributed by atoms with Crippen molar-refractivity contribution in [3.8, 4) is 11.1 Å². The van der Waals surface area contributed by atoms with E-state index in [9.17, 15) is 0 Å². The van der Waals surface area contributed by atoms with Gasteiger partial charge < -0.3 is 5.73 Å². The second-order valence-corrected chi connectivity index (χ2v) is 4.62. The minimum Gasteiger partial charge on any atom is -0.330 e. The highest BCUT2D eigenvalue weighted by Crippen LogP contribution is 2.24. The van der Waals surface area contributed by atoms with Crippen molar-refractivity contribution >= 4 is 11.6 Å². The van der Waals surface area contributed by atoms with Crippen molar-refractivity contribution in [2.24, 2.45) is 5.73 Å². The third kappa shape index (κ3) is 2.87. The molecule has 2 aromatic rings. The highest BCUT2D eigenvalue weighted by molar-refractivity contribution is 6.30. The molecule has 2 aromatic carbocycles. The van der Waals surface area contributed by atoms with E-state index < -0.39 is 0 Å². The third-order valence-electron chi connectivity index (χ3n) is 2.94. The van der Waals surface area contributed by atoms with Crippen LogP contribution < -0.4 is 5.73 Å². The smallest absolute Gasteiger partial charge is 0.0406 e. The van der Waals surface area contributed by atoms with Crippen molar-refractivity contribution in [1.29, 1.82) is 0 Å². The van der Waals surface area contributed by atoms with E-state index in [2.05, 4.69) is 25.1 Å². The molecule has 2 heteroatoms. The Morgan fingerprint density at radius 2 is 1.65 bits per heavy atom. The fraction of sp³-hybridized carbons (Fsp3) is 0.200. The van der Waals surface area contributed by atoms with Crippen molar-refractivity contribution in [2.75, 3.05) is 6.54 Å². The van der Waals surface area contributed by atoms with Crippen LogP contribution >= 0.6 is 11.6 Å². The first kappa shape index (κ1) is 12.2. The Morgan fingerprint density at radius 3 is 2.29 bits per heavy atom. The van der Waals surface area contributed by atoms with Gasteiger partial charge in [0.25, 0.3) is 0 Å². The zero-order valence-corrected chi connectivity index (χ0v) is 10.7. The fourth-order valence-electron chi connectivity index (χ4n) is 1.92. The monoisotopic (exact) mass is 245 g/mol. The van der Waals surface area contributed by atoms with Crippen LogP contribution in [0.4, 0.5) is 0 Å². The third-order valence-corrected chi connectivity index (χ3v) is 3.19. The maximum Gasteiger partial charge on any atom is 0.0406 e. The summed E-state index contributed by atoms with van der Waals surface area (Å²) in [7, 11) is 0. The van der Waals surface area contributed by atoms with E-state index in [-0.39, 0.29) is 0 Å². The Balaban J connectivity index is 2.39. The Kier molecular flexibility index (Phi) is 3.82. The molecule has 0 aromatic heterocycles. The van der Waals surface area contributed by atoms with Gasteiger partial charge in [0, 0.05) is 5.02 Å². The first-order chi connectivity index (χ1) is 8.20. The summed E-state index contributed by atoms with van der Waals surface area (Å²) in [6.45, 7) is 2.81. The maximum atomic E-state index is 5.89. The van der Waals surface area contributed by atoms with Crippen LogP contribution in [0.1, 0.15) is 11.1 Å². The van der Waals surface area contributed by atoms with E-state index in [0.29, 0.717) is 6.54 Å². The van der Waals surface area contributed by atoms with E-state index >= 15 is 0 Å². The van der Waals surface area contributed by atoms with Crippen molar-refractivity contribution in [1.82, 2.24) is 0 Å². The molecule has 0 aliphatic carbocycles. The van der Waals surface area contributed by atoms with Crippen LogP contribution in [0.5, 0.6) is 0 Å². The molecule has 0 radical (unpaired) electrons. The maximum absolute atomic E-state index is 5.89. The first-order valence-electron chi connectivity index (χ1n) is 5.76. The van der Waals surface area contributed by atoms with Gasteiger partial charge in [-0.25, -0.2) is 0 Å². The van der Waals surface area contributed by atoms with Crippen LogP contribution in [-0.2, 0) is 6.42 Å². The normalized spacial score (nSPS) is 10.5. The molecule has 0 atom stereocenters. The molecule has 0 aliphatic rings. The summed E-state index contributed by atoms with van der Waals surface area (Å²) in [6, 6.07) is 14.4. The summed E-state index contributed by atoms with van der Waals surface area (Å²) in [4.78, 5) is 0. The molecule has 0 amide bonds. The molecule has 0 fully saturated rings. The average molecular weight is 246 g/mol. The lowest BCUT2D eigenvalue weighted by Gasteiger charge is -2.08. The van der Waals surface area contributed by atoms with Gasteiger partial charge in [-0.15, -0.1) is 0 Å². The molecule has 0 saturated heterocycles. The van der Waals surface area contributed by atoms with Crippen LogP contribution in [-0.4, -0.2) is 6.54 Å². The predicted octanol–water partition coefficient (Wildman–Crippen LogP) is 3.82. The largest absolute Gasteiger partial charge is 0.330 e. The number of nitrogens with two attached hydrogens (primary N) is 1. The lowest BCUT2D eigenvalue weighted by molar-refractivity contribution is 0.958. The summed E-state index contributed by atoms with van der Waals surface area (Å²) < 4.78 is 0. The quantitative estimate of drug-likeness (QED) is 0.874. The zero-order valence-electron chi connectivity index (χ0n) is 9.91. The molecular formula is C15H16ClN. The van der Waals surface area contributed by atoms with Crippen molar-refractivity contribution < 1.29 is 0 Å². The predicted molar refractivity (Wildman–Crippen MR) is 74.4 cm³/mol. The number of hydrogen-bond donors (Lipinski definition) is 1. The van der Waals surface area contributed by atoms with Gasteiger partial charge in [-0.1, -0.05) is 41.9 Å². The molecule has 0 spiro atoms. The van der Waals surface area contributed by atoms with Gasteiger partial charge in [0.15, 0.2) is 0 Å². The van der Waals surface area contributed by atoms with Gasteiger partial charge in [0.05, 0.1) is 0 Å². The van der Waals surface area contributed by atoms with Gasteiger partial charge in [-0.2, -0.15) is 0 Å². The molecule has 0 heterocycles. The molecule has 2 N–H and O–H groups in total. The van der Waals surface area contributed by atoms with Crippen molar-refractivity contribution in [3.63, 3.8) is 0 Å². The van der Waals surface area contributed by atoms with Crippen LogP contribution in [0, 0.1) is 6.92 Å². The van der Waals surface area contributed by atoms with Crippen LogP contribution in [0.2, 0.25) is 5.02 Å². The Hall–Kier alpha value is -1.31. The van der Waals surface area contributed by atoms with Crippen LogP contribution in [0.3, 0.4) is 0 Å². The minimum atomic E-state index is 0.685. The summed E-state index contributed by atoms with van der Waals surface area (Å²) in [5, 5.41) is 0.767. The molecule has 0 unspecified atom stereocenters. The standard InChI is InChI=1S/C15H16ClN/c1-11-2-3-14(10-13(11)8-9-17)12-4-6-15(16)7-5-12/h2-7,10H,8-9,17H2,1H3. The van der Waals surface area contributed by atoms with E-state index in [0.717, 1.165) is 11.4 Å². The Labute approximate surface area is 107 Å². The Bertz CT molecular complexity index is 503. The number of hydrogen-bond acceptors (Lipinski definition) is 1. The molecule has 1 nitrogen and oxygen atoms in total. The molecule has 88 valence electrons. The van der Waals surface area contributed by atoms with Crippen molar-refractivity contribution in [2.45, 2.75) is 13.3 Å². The Morgan fingerprint density at radius 1 is 1.00 bits per heavy atom. The lowest BCUT2D eigenvalue weighted by atomic mass is 9.98. The number of aryl methyl sites for hydroxylation is 1. The fourth-order valence-corrected chi connectivity index (χ4v) is 2.04. The summed E-state index contributed by atoms with van der Waals surface area (Å²) in [5.74, 6) is 0. The van der Waals surface area contributed by atoms with Crippen LogP contribution in [0.25, 0.3) is 11.1 Å². The van der Waals surface area contributed by atoms with E-state index in [1.54, 1.807) is 0 Å². The highest BCUT2D eigenvalue weighted by Gasteiger charge is 2.02. The summed E-state index contributed by atoms with van der Waals surface area (Å²) in [6.07, 6.45) is 0.924. The van der Waals surface area contributed by atoms with Gasteiger partial charge in [0.2, 0.25) is 0 Å². The SMILES string of the molecule is Cc1ccc(-c2ccc(Cl)cc2)cc1CCN. The molecule has 2 rings (SSSR count). The first-order valence-corrected chi connectivity index (χ1v) is 6.14. The second kappa shape index (κ2) is 5.35. The summed E-state index contributed by atoms with van der Waals surface area (Å²) >= 11 is 5.89. The lowest BCUT2D eigenvalue weighted by Crippen LogP contribution is -2.04. The topological polar surface area (TPSA) is 26.0 Å². The summed E-state index contributed by atoms with van der Waals surface area (Å²) in [5.41, 5.74) is 10.6. The number of rotatable bonds is 3. The van der Waals surface area contributed by atoms with Gasteiger partial charge in [0.1, 0.15) is 0 Å². The molecule has 0 bridgehead atoms. The number of benzene rings is 2. The average Bonchev–Trinajstić information content (AvgIpc) is 2.33. The molecule has 17 heavy (non-hydrogen) atoms.